The van der Waals surface area contributed by atoms with Crippen molar-refractivity contribution in [3.63, 3.8) is 0 Å². The quantitative estimate of drug-likeness (QED) is 0.911. The number of rotatable bonds is 4. The van der Waals surface area contributed by atoms with E-state index in [1.807, 2.05) is 13.0 Å². The van der Waals surface area contributed by atoms with Gasteiger partial charge in [-0.15, -0.1) is 0 Å². The number of carboxylic acid groups (broad SMARTS) is 1. The van der Waals surface area contributed by atoms with Crippen LogP contribution in [0.4, 0.5) is 5.69 Å². The number of pyridine rings is 1. The molecular weight excluding hydrogens is 254 g/mol. The third-order valence-electron chi connectivity index (χ3n) is 4.14. The summed E-state index contributed by atoms with van der Waals surface area (Å²) in [5.74, 6) is -0.689. The third kappa shape index (κ3) is 2.60. The lowest BCUT2D eigenvalue weighted by Gasteiger charge is -2.40. The van der Waals surface area contributed by atoms with E-state index in [0.29, 0.717) is 38.0 Å². The van der Waals surface area contributed by atoms with Gasteiger partial charge in [-0.05, 0) is 31.4 Å². The van der Waals surface area contributed by atoms with Gasteiger partial charge in [0.1, 0.15) is 6.07 Å². The van der Waals surface area contributed by atoms with Crippen LogP contribution in [0, 0.1) is 16.7 Å². The highest BCUT2D eigenvalue weighted by molar-refractivity contribution is 5.75. The molecule has 1 aromatic heterocycles. The number of anilines is 1. The van der Waals surface area contributed by atoms with Gasteiger partial charge in [-0.2, -0.15) is 5.26 Å². The van der Waals surface area contributed by atoms with Gasteiger partial charge < -0.3 is 10.0 Å². The molecule has 0 unspecified atom stereocenters. The molecule has 0 aliphatic carbocycles. The molecule has 1 N–H and O–H groups in total. The molecule has 5 nitrogen and oxygen atoms in total. The Bertz CT molecular complexity index is 528. The van der Waals surface area contributed by atoms with E-state index in [0.717, 1.165) is 12.1 Å². The number of hydrogen-bond donors (Lipinski definition) is 1. The van der Waals surface area contributed by atoms with E-state index in [-0.39, 0.29) is 0 Å². The Labute approximate surface area is 118 Å². The van der Waals surface area contributed by atoms with Crippen LogP contribution in [-0.4, -0.2) is 29.1 Å². The zero-order valence-corrected chi connectivity index (χ0v) is 11.7. The molecule has 0 saturated carbocycles. The molecule has 1 aliphatic rings. The molecule has 5 heteroatoms. The highest BCUT2D eigenvalue weighted by Gasteiger charge is 2.40. The molecule has 1 aromatic rings. The van der Waals surface area contributed by atoms with E-state index in [9.17, 15) is 9.90 Å². The summed E-state index contributed by atoms with van der Waals surface area (Å²) in [6.07, 6.45) is 4.44. The highest BCUT2D eigenvalue weighted by atomic mass is 16.4. The number of aliphatic carboxylic acids is 1. The molecular formula is C15H19N3O2. The summed E-state index contributed by atoms with van der Waals surface area (Å²) >= 11 is 0. The number of piperidine rings is 1. The average molecular weight is 273 g/mol. The third-order valence-corrected chi connectivity index (χ3v) is 4.14. The van der Waals surface area contributed by atoms with Crippen molar-refractivity contribution < 1.29 is 9.90 Å². The second-order valence-corrected chi connectivity index (χ2v) is 5.31. The van der Waals surface area contributed by atoms with Crippen molar-refractivity contribution in [2.45, 2.75) is 32.6 Å². The highest BCUT2D eigenvalue weighted by Crippen LogP contribution is 2.38. The first-order valence-corrected chi connectivity index (χ1v) is 6.96. The molecule has 0 aromatic carbocycles. The van der Waals surface area contributed by atoms with Crippen LogP contribution in [0.3, 0.4) is 0 Å². The Morgan fingerprint density at radius 3 is 2.80 bits per heavy atom. The average Bonchev–Trinajstić information content (AvgIpc) is 2.48. The maximum atomic E-state index is 11.5. The van der Waals surface area contributed by atoms with Crippen molar-refractivity contribution in [3.8, 4) is 6.07 Å². The Morgan fingerprint density at radius 2 is 2.25 bits per heavy atom. The molecule has 2 heterocycles. The van der Waals surface area contributed by atoms with E-state index in [2.05, 4.69) is 16.0 Å². The minimum Gasteiger partial charge on any atom is -0.481 e. The summed E-state index contributed by atoms with van der Waals surface area (Å²) in [5.41, 5.74) is 0.622. The number of aromatic nitrogens is 1. The predicted octanol–water partition coefficient (Wildman–Crippen LogP) is 2.42. The van der Waals surface area contributed by atoms with Gasteiger partial charge in [0.25, 0.3) is 0 Å². The number of carbonyl (C=O) groups is 1. The molecule has 1 aliphatic heterocycles. The molecule has 106 valence electrons. The van der Waals surface area contributed by atoms with Gasteiger partial charge in [0.2, 0.25) is 0 Å². The van der Waals surface area contributed by atoms with Crippen molar-refractivity contribution in [3.05, 3.63) is 24.0 Å². The minimum absolute atomic E-state index is 0.408. The number of nitriles is 1. The van der Waals surface area contributed by atoms with Crippen molar-refractivity contribution in [1.82, 2.24) is 4.98 Å². The summed E-state index contributed by atoms with van der Waals surface area (Å²) in [5, 5.41) is 18.6. The number of carboxylic acids is 1. The van der Waals surface area contributed by atoms with E-state index < -0.39 is 11.4 Å². The first kappa shape index (κ1) is 14.3. The number of nitrogens with zero attached hydrogens (tertiary/aromatic N) is 3. The summed E-state index contributed by atoms with van der Waals surface area (Å²) in [7, 11) is 0. The van der Waals surface area contributed by atoms with Crippen LogP contribution in [-0.2, 0) is 4.79 Å². The fourth-order valence-electron chi connectivity index (χ4n) is 2.96. The van der Waals surface area contributed by atoms with E-state index in [1.165, 1.54) is 0 Å². The lowest BCUT2D eigenvalue weighted by Crippen LogP contribution is -2.44. The van der Waals surface area contributed by atoms with Crippen LogP contribution < -0.4 is 4.90 Å². The fourth-order valence-corrected chi connectivity index (χ4v) is 2.96. The van der Waals surface area contributed by atoms with Crippen LogP contribution >= 0.6 is 0 Å². The number of hydrogen-bond acceptors (Lipinski definition) is 4. The Kier molecular flexibility index (Phi) is 4.23. The van der Waals surface area contributed by atoms with Crippen molar-refractivity contribution in [2.24, 2.45) is 5.41 Å². The van der Waals surface area contributed by atoms with Gasteiger partial charge in [0.05, 0.1) is 11.1 Å². The van der Waals surface area contributed by atoms with E-state index in [4.69, 9.17) is 5.26 Å². The summed E-state index contributed by atoms with van der Waals surface area (Å²) in [4.78, 5) is 17.7. The first-order chi connectivity index (χ1) is 9.63. The van der Waals surface area contributed by atoms with Crippen molar-refractivity contribution in [1.29, 1.82) is 5.26 Å². The summed E-state index contributed by atoms with van der Waals surface area (Å²) in [6, 6.07) is 5.77. The molecule has 0 atom stereocenters. The van der Waals surface area contributed by atoms with Gasteiger partial charge in [0, 0.05) is 19.3 Å². The maximum Gasteiger partial charge on any atom is 0.309 e. The molecule has 0 spiro atoms. The Hall–Kier alpha value is -2.09. The predicted molar refractivity (Wildman–Crippen MR) is 75.4 cm³/mol. The van der Waals surface area contributed by atoms with Crippen LogP contribution in [0.25, 0.3) is 0 Å². The lowest BCUT2D eigenvalue weighted by atomic mass is 9.75. The van der Waals surface area contributed by atoms with Gasteiger partial charge in [-0.1, -0.05) is 13.3 Å². The minimum atomic E-state index is -0.689. The zero-order valence-electron chi connectivity index (χ0n) is 11.7. The van der Waals surface area contributed by atoms with Gasteiger partial charge in [-0.25, -0.2) is 4.98 Å². The van der Waals surface area contributed by atoms with Crippen LogP contribution in [0.1, 0.15) is 38.3 Å². The van der Waals surface area contributed by atoms with E-state index in [1.54, 1.807) is 12.3 Å². The Balaban J connectivity index is 2.15. The fraction of sp³-hybridized carbons (Fsp3) is 0.533. The van der Waals surface area contributed by atoms with Crippen LogP contribution in [0.15, 0.2) is 18.3 Å². The SMILES string of the molecule is CCCC1(C(=O)O)CCN(c2cccnc2C#N)CC1. The smallest absolute Gasteiger partial charge is 0.309 e. The van der Waals surface area contributed by atoms with Crippen LogP contribution in [0.5, 0.6) is 0 Å². The maximum absolute atomic E-state index is 11.5. The Morgan fingerprint density at radius 1 is 1.55 bits per heavy atom. The molecule has 0 radical (unpaired) electrons. The van der Waals surface area contributed by atoms with Crippen molar-refractivity contribution in [2.75, 3.05) is 18.0 Å². The van der Waals surface area contributed by atoms with Crippen molar-refractivity contribution >= 4 is 11.7 Å². The molecule has 20 heavy (non-hydrogen) atoms. The molecule has 2 rings (SSSR count). The second kappa shape index (κ2) is 5.91. The lowest BCUT2D eigenvalue weighted by molar-refractivity contribution is -0.150. The van der Waals surface area contributed by atoms with E-state index >= 15 is 0 Å². The second-order valence-electron chi connectivity index (χ2n) is 5.31. The largest absolute Gasteiger partial charge is 0.481 e. The summed E-state index contributed by atoms with van der Waals surface area (Å²) < 4.78 is 0. The van der Waals surface area contributed by atoms with Crippen LogP contribution in [0.2, 0.25) is 0 Å². The van der Waals surface area contributed by atoms with Gasteiger partial charge in [0.15, 0.2) is 5.69 Å². The normalized spacial score (nSPS) is 17.5. The monoisotopic (exact) mass is 273 g/mol. The first-order valence-electron chi connectivity index (χ1n) is 6.96. The standard InChI is InChI=1S/C15H19N3O2/c1-2-5-15(14(19)20)6-9-18(10-7-15)13-4-3-8-17-12(13)11-16/h3-4,8H,2,5-7,9-10H2,1H3,(H,19,20). The van der Waals surface area contributed by atoms with Gasteiger partial charge in [-0.3, -0.25) is 4.79 Å². The van der Waals surface area contributed by atoms with Gasteiger partial charge >= 0.3 is 5.97 Å². The topological polar surface area (TPSA) is 77.2 Å². The summed E-state index contributed by atoms with van der Waals surface area (Å²) in [6.45, 7) is 3.34. The zero-order chi connectivity index (χ0) is 14.6. The molecule has 1 fully saturated rings. The molecule has 0 amide bonds. The molecule has 1 saturated heterocycles. The molecule has 0 bridgehead atoms.